The number of likely N-dealkylation sites (tertiary alicyclic amines) is 1. The third kappa shape index (κ3) is 3.58. The van der Waals surface area contributed by atoms with E-state index in [4.69, 9.17) is 4.74 Å². The number of nitrogens with one attached hydrogen (secondary N) is 2. The molecule has 1 aliphatic rings. The number of fused-ring (bicyclic) bond motifs is 1. The number of anilines is 1. The number of hydrogen-bond donors (Lipinski definition) is 2. The Bertz CT molecular complexity index is 978. The van der Waals surface area contributed by atoms with Crippen LogP contribution in [0, 0.1) is 5.92 Å². The zero-order valence-electron chi connectivity index (χ0n) is 15.8. The number of benzene rings is 2. The first-order chi connectivity index (χ1) is 13.7. The summed E-state index contributed by atoms with van der Waals surface area (Å²) < 4.78 is 5.30. The predicted molar refractivity (Wildman–Crippen MR) is 109 cm³/mol. The molecule has 2 heterocycles. The van der Waals surface area contributed by atoms with Crippen molar-refractivity contribution >= 4 is 28.4 Å². The van der Waals surface area contributed by atoms with Gasteiger partial charge in [0.25, 0.3) is 5.91 Å². The van der Waals surface area contributed by atoms with Crippen LogP contribution < -0.4 is 10.1 Å². The van der Waals surface area contributed by atoms with Gasteiger partial charge in [0.1, 0.15) is 11.4 Å². The van der Waals surface area contributed by atoms with Crippen molar-refractivity contribution in [3.05, 3.63) is 60.3 Å². The number of hydrogen-bond acceptors (Lipinski definition) is 3. The molecule has 2 amide bonds. The van der Waals surface area contributed by atoms with Gasteiger partial charge < -0.3 is 19.9 Å². The first-order valence-corrected chi connectivity index (χ1v) is 9.46. The molecule has 144 valence electrons. The molecule has 1 aromatic heterocycles. The van der Waals surface area contributed by atoms with Crippen LogP contribution in [0.25, 0.3) is 10.9 Å². The molecular weight excluding hydrogens is 354 g/mol. The summed E-state index contributed by atoms with van der Waals surface area (Å²) >= 11 is 0. The molecule has 6 nitrogen and oxygen atoms in total. The molecular formula is C22H23N3O3. The fraction of sp³-hybridized carbons (Fsp3) is 0.273. The minimum absolute atomic E-state index is 0.0639. The Morgan fingerprint density at radius 3 is 2.75 bits per heavy atom. The molecule has 1 atom stereocenters. The van der Waals surface area contributed by atoms with Crippen LogP contribution in [0.3, 0.4) is 0 Å². The third-order valence-corrected chi connectivity index (χ3v) is 5.20. The highest BCUT2D eigenvalue weighted by Crippen LogP contribution is 2.26. The van der Waals surface area contributed by atoms with E-state index in [0.29, 0.717) is 30.2 Å². The normalized spacial score (nSPS) is 16.8. The Kier molecular flexibility index (Phi) is 5.02. The van der Waals surface area contributed by atoms with Crippen molar-refractivity contribution in [2.75, 3.05) is 25.5 Å². The molecule has 28 heavy (non-hydrogen) atoms. The Balaban J connectivity index is 1.46. The van der Waals surface area contributed by atoms with Crippen LogP contribution in [0.15, 0.2) is 54.6 Å². The summed E-state index contributed by atoms with van der Waals surface area (Å²) in [5.41, 5.74) is 2.15. The molecule has 0 unspecified atom stereocenters. The first-order valence-electron chi connectivity index (χ1n) is 9.46. The summed E-state index contributed by atoms with van der Waals surface area (Å²) in [4.78, 5) is 30.7. The van der Waals surface area contributed by atoms with E-state index in [-0.39, 0.29) is 17.7 Å². The number of aromatic nitrogens is 1. The molecule has 2 aromatic carbocycles. The largest absolute Gasteiger partial charge is 0.495 e. The van der Waals surface area contributed by atoms with Crippen molar-refractivity contribution < 1.29 is 14.3 Å². The van der Waals surface area contributed by atoms with Crippen molar-refractivity contribution in [2.45, 2.75) is 12.8 Å². The lowest BCUT2D eigenvalue weighted by Crippen LogP contribution is -2.43. The van der Waals surface area contributed by atoms with Gasteiger partial charge in [0.05, 0.1) is 18.7 Å². The van der Waals surface area contributed by atoms with Crippen molar-refractivity contribution in [1.29, 1.82) is 0 Å². The highest BCUT2D eigenvalue weighted by atomic mass is 16.5. The number of piperidine rings is 1. The van der Waals surface area contributed by atoms with E-state index < -0.39 is 0 Å². The van der Waals surface area contributed by atoms with E-state index in [1.54, 1.807) is 12.0 Å². The number of carbonyl (C=O) groups is 2. The number of methoxy groups -OCH3 is 1. The molecule has 3 aromatic rings. The van der Waals surface area contributed by atoms with Crippen LogP contribution in [-0.2, 0) is 4.79 Å². The molecule has 6 heteroatoms. The second-order valence-electron chi connectivity index (χ2n) is 7.05. The predicted octanol–water partition coefficient (Wildman–Crippen LogP) is 3.67. The SMILES string of the molecule is COc1ccccc1NC(=O)[C@H]1CCCN(C(=O)c2cc3ccccc3[nH]2)C1. The Labute approximate surface area is 163 Å². The summed E-state index contributed by atoms with van der Waals surface area (Å²) in [7, 11) is 1.58. The number of rotatable bonds is 4. The molecule has 4 rings (SSSR count). The van der Waals surface area contributed by atoms with E-state index in [0.717, 1.165) is 23.7 Å². The van der Waals surface area contributed by atoms with E-state index in [1.165, 1.54) is 0 Å². The fourth-order valence-electron chi connectivity index (χ4n) is 3.72. The molecule has 0 spiro atoms. The van der Waals surface area contributed by atoms with Crippen LogP contribution >= 0.6 is 0 Å². The van der Waals surface area contributed by atoms with Gasteiger partial charge in [-0.3, -0.25) is 9.59 Å². The maximum Gasteiger partial charge on any atom is 0.270 e. The Morgan fingerprint density at radius 1 is 1.14 bits per heavy atom. The van der Waals surface area contributed by atoms with Gasteiger partial charge in [-0.1, -0.05) is 30.3 Å². The molecule has 0 aliphatic carbocycles. The van der Waals surface area contributed by atoms with E-state index in [1.807, 2.05) is 54.6 Å². The quantitative estimate of drug-likeness (QED) is 0.729. The number of amides is 2. The topological polar surface area (TPSA) is 74.4 Å². The average Bonchev–Trinajstić information content (AvgIpc) is 3.18. The molecule has 1 fully saturated rings. The van der Waals surface area contributed by atoms with Crippen LogP contribution in [0.5, 0.6) is 5.75 Å². The number of H-pyrrole nitrogens is 1. The highest BCUT2D eigenvalue weighted by Gasteiger charge is 2.30. The molecule has 0 radical (unpaired) electrons. The van der Waals surface area contributed by atoms with E-state index >= 15 is 0 Å². The number of aromatic amines is 1. The van der Waals surface area contributed by atoms with E-state index in [2.05, 4.69) is 10.3 Å². The van der Waals surface area contributed by atoms with Crippen LogP contribution in [0.4, 0.5) is 5.69 Å². The Morgan fingerprint density at radius 2 is 1.93 bits per heavy atom. The van der Waals surface area contributed by atoms with Gasteiger partial charge in [0.2, 0.25) is 5.91 Å². The second kappa shape index (κ2) is 7.76. The van der Waals surface area contributed by atoms with Gasteiger partial charge in [-0.25, -0.2) is 0 Å². The summed E-state index contributed by atoms with van der Waals surface area (Å²) in [6.45, 7) is 1.07. The number of carbonyl (C=O) groups excluding carboxylic acids is 2. The summed E-state index contributed by atoms with van der Waals surface area (Å²) in [6.07, 6.45) is 1.56. The first kappa shape index (κ1) is 18.1. The van der Waals surface area contributed by atoms with Crippen molar-refractivity contribution in [2.24, 2.45) is 5.92 Å². The zero-order valence-corrected chi connectivity index (χ0v) is 15.8. The van der Waals surface area contributed by atoms with Crippen molar-refractivity contribution in [1.82, 2.24) is 9.88 Å². The summed E-state index contributed by atoms with van der Waals surface area (Å²) in [6, 6.07) is 17.0. The van der Waals surface area contributed by atoms with Crippen LogP contribution in [0.2, 0.25) is 0 Å². The van der Waals surface area contributed by atoms with Gasteiger partial charge in [-0.15, -0.1) is 0 Å². The standard InChI is InChI=1S/C22H23N3O3/c1-28-20-11-5-4-10-18(20)24-21(26)16-8-6-12-25(14-16)22(27)19-13-15-7-2-3-9-17(15)23-19/h2-5,7,9-11,13,16,23H,6,8,12,14H2,1H3,(H,24,26)/t16-/m0/s1. The average molecular weight is 377 g/mol. The molecule has 1 saturated heterocycles. The number of para-hydroxylation sites is 3. The summed E-state index contributed by atoms with van der Waals surface area (Å²) in [5, 5.41) is 3.95. The van der Waals surface area contributed by atoms with Crippen molar-refractivity contribution in [3.8, 4) is 5.75 Å². The molecule has 2 N–H and O–H groups in total. The third-order valence-electron chi connectivity index (χ3n) is 5.20. The van der Waals surface area contributed by atoms with Gasteiger partial charge in [-0.2, -0.15) is 0 Å². The highest BCUT2D eigenvalue weighted by molar-refractivity contribution is 5.99. The maximum atomic E-state index is 12.9. The summed E-state index contributed by atoms with van der Waals surface area (Å²) in [5.74, 6) is 0.231. The Hall–Kier alpha value is -3.28. The number of ether oxygens (including phenoxy) is 1. The molecule has 0 bridgehead atoms. The minimum Gasteiger partial charge on any atom is -0.495 e. The fourth-order valence-corrected chi connectivity index (χ4v) is 3.72. The molecule has 0 saturated carbocycles. The van der Waals surface area contributed by atoms with Crippen molar-refractivity contribution in [3.63, 3.8) is 0 Å². The van der Waals surface area contributed by atoms with Gasteiger partial charge in [-0.05, 0) is 37.1 Å². The van der Waals surface area contributed by atoms with E-state index in [9.17, 15) is 9.59 Å². The van der Waals surface area contributed by atoms with Gasteiger partial charge >= 0.3 is 0 Å². The minimum atomic E-state index is -0.244. The lowest BCUT2D eigenvalue weighted by atomic mass is 9.96. The molecule has 1 aliphatic heterocycles. The van der Waals surface area contributed by atoms with Crippen LogP contribution in [-0.4, -0.2) is 41.9 Å². The smallest absolute Gasteiger partial charge is 0.270 e. The maximum absolute atomic E-state index is 12.9. The van der Waals surface area contributed by atoms with Crippen LogP contribution in [0.1, 0.15) is 23.3 Å². The second-order valence-corrected chi connectivity index (χ2v) is 7.05. The van der Waals surface area contributed by atoms with Gasteiger partial charge in [0.15, 0.2) is 0 Å². The lowest BCUT2D eigenvalue weighted by molar-refractivity contribution is -0.121. The monoisotopic (exact) mass is 377 g/mol. The zero-order chi connectivity index (χ0) is 19.5. The number of nitrogens with zero attached hydrogens (tertiary/aromatic N) is 1. The lowest BCUT2D eigenvalue weighted by Gasteiger charge is -2.31. The van der Waals surface area contributed by atoms with Gasteiger partial charge in [0, 0.05) is 24.0 Å².